The number of carboxylic acid groups (broad SMARTS) is 1. The maximum absolute atomic E-state index is 13.0. The summed E-state index contributed by atoms with van der Waals surface area (Å²) in [7, 11) is 5.97. The standard InChI is InChI=1S/C80H133NO8/c1-6-8-10-12-14-16-18-20-22-24-26-28-30-32-34-36-37-38-39-40-41-43-45-47-49-51-53-55-57-59-61-63-65-67-69-71-78(83)89-76(75-88-80(79(84)85)86-73-72-81(3,4)5)74-87-77(82)70-68-66-64-62-60-58-56-54-52-50-48-46-44-42-35-33-31-29-27-25-23-21-19-17-15-13-11-9-7-2/h8-11,14-17,20-23,26-29,32-35,37-38,40-41,76,80H,6-7,12-13,18-19,24-25,30-31,36,39,42-75H2,1-5H3/p+1/b10-8-,11-9-,16-14-,17-15-,22-20-,23-21-,28-26-,29-27-,34-32-,35-33-,38-37-,41-40-. The van der Waals surface area contributed by atoms with Crippen LogP contribution in [0.25, 0.3) is 0 Å². The number of carbonyl (C=O) groups excluding carboxylic acids is 2. The number of ether oxygens (including phenoxy) is 4. The molecule has 0 amide bonds. The normalized spacial score (nSPS) is 13.6. The highest BCUT2D eigenvalue weighted by Gasteiger charge is 2.25. The molecule has 9 nitrogen and oxygen atoms in total. The molecule has 0 aliphatic rings. The van der Waals surface area contributed by atoms with Gasteiger partial charge in [-0.05, 0) is 116 Å². The van der Waals surface area contributed by atoms with E-state index in [4.69, 9.17) is 18.9 Å². The summed E-state index contributed by atoms with van der Waals surface area (Å²) >= 11 is 0. The average molecular weight is 1240 g/mol. The summed E-state index contributed by atoms with van der Waals surface area (Å²) in [6, 6.07) is 0. The van der Waals surface area contributed by atoms with Crippen LogP contribution in [-0.4, -0.2) is 87.4 Å². The summed E-state index contributed by atoms with van der Waals surface area (Å²) in [6.45, 7) is 4.66. The van der Waals surface area contributed by atoms with Crippen LogP contribution in [0, 0.1) is 0 Å². The molecule has 2 atom stereocenters. The summed E-state index contributed by atoms with van der Waals surface area (Å²) in [5.74, 6) is -2.01. The second-order valence-corrected chi connectivity index (χ2v) is 24.8. The van der Waals surface area contributed by atoms with E-state index in [9.17, 15) is 19.5 Å². The van der Waals surface area contributed by atoms with Crippen molar-refractivity contribution in [3.8, 4) is 0 Å². The zero-order valence-corrected chi connectivity index (χ0v) is 57.8. The van der Waals surface area contributed by atoms with Gasteiger partial charge in [0.25, 0.3) is 6.29 Å². The van der Waals surface area contributed by atoms with Crippen LogP contribution in [0.1, 0.15) is 284 Å². The molecule has 0 bridgehead atoms. The number of rotatable bonds is 65. The van der Waals surface area contributed by atoms with Crippen molar-refractivity contribution in [2.24, 2.45) is 0 Å². The number of hydrogen-bond acceptors (Lipinski definition) is 7. The molecule has 0 rings (SSSR count). The third-order valence-electron chi connectivity index (χ3n) is 15.1. The van der Waals surface area contributed by atoms with Crippen LogP contribution in [0.3, 0.4) is 0 Å². The molecule has 9 heteroatoms. The molecule has 0 aromatic heterocycles. The fourth-order valence-corrected chi connectivity index (χ4v) is 9.67. The van der Waals surface area contributed by atoms with Crippen molar-refractivity contribution in [3.63, 3.8) is 0 Å². The van der Waals surface area contributed by atoms with Crippen LogP contribution in [0.2, 0.25) is 0 Å². The topological polar surface area (TPSA) is 108 Å². The highest BCUT2D eigenvalue weighted by Crippen LogP contribution is 2.17. The van der Waals surface area contributed by atoms with Crippen molar-refractivity contribution in [3.05, 3.63) is 146 Å². The third kappa shape index (κ3) is 70.5. The van der Waals surface area contributed by atoms with E-state index in [0.717, 1.165) is 116 Å². The van der Waals surface area contributed by atoms with Crippen molar-refractivity contribution in [2.75, 3.05) is 47.5 Å². The Bertz CT molecular complexity index is 1970. The summed E-state index contributed by atoms with van der Waals surface area (Å²) < 4.78 is 23.0. The molecule has 0 aromatic rings. The number of aliphatic carboxylic acids is 1. The number of allylic oxidation sites excluding steroid dienone is 24. The summed E-state index contributed by atoms with van der Waals surface area (Å²) in [6.07, 6.45) is 98.1. The minimum absolute atomic E-state index is 0.182. The first-order chi connectivity index (χ1) is 43.6. The van der Waals surface area contributed by atoms with Gasteiger partial charge in [0.15, 0.2) is 6.10 Å². The van der Waals surface area contributed by atoms with Gasteiger partial charge in [0.2, 0.25) is 0 Å². The lowest BCUT2D eigenvalue weighted by molar-refractivity contribution is -0.870. The zero-order valence-electron chi connectivity index (χ0n) is 57.8. The molecule has 0 aliphatic heterocycles. The molecule has 0 heterocycles. The van der Waals surface area contributed by atoms with E-state index < -0.39 is 24.3 Å². The SMILES string of the molecule is CC/C=C\C/C=C\C/C=C\C/C=C\C/C=C\C/C=C\C/C=C\CCCCCCCCCCCCCCCC(=O)OC(COC(=O)CCCCCCCCCCCCCCC/C=C\C/C=C\C/C=C\C/C=C\C/C=C\CC)COC(OCC[N+](C)(C)C)C(=O)O. The molecule has 506 valence electrons. The second kappa shape index (κ2) is 69.1. The molecule has 2 unspecified atom stereocenters. The average Bonchev–Trinajstić information content (AvgIpc) is 3.64. The number of unbranched alkanes of at least 4 members (excludes halogenated alkanes) is 26. The molecule has 0 fully saturated rings. The Morgan fingerprint density at radius 2 is 0.607 bits per heavy atom. The van der Waals surface area contributed by atoms with E-state index in [2.05, 4.69) is 160 Å². The minimum Gasteiger partial charge on any atom is -0.477 e. The predicted molar refractivity (Wildman–Crippen MR) is 382 cm³/mol. The van der Waals surface area contributed by atoms with Crippen molar-refractivity contribution in [1.82, 2.24) is 0 Å². The Kier molecular flexibility index (Phi) is 65.3. The van der Waals surface area contributed by atoms with Crippen molar-refractivity contribution in [1.29, 1.82) is 0 Å². The van der Waals surface area contributed by atoms with E-state index >= 15 is 0 Å². The van der Waals surface area contributed by atoms with Gasteiger partial charge in [0, 0.05) is 12.8 Å². The van der Waals surface area contributed by atoms with Gasteiger partial charge in [-0.2, -0.15) is 0 Å². The van der Waals surface area contributed by atoms with Crippen LogP contribution in [0.15, 0.2) is 146 Å². The van der Waals surface area contributed by atoms with Crippen LogP contribution in [0.4, 0.5) is 0 Å². The van der Waals surface area contributed by atoms with Crippen LogP contribution in [0.5, 0.6) is 0 Å². The van der Waals surface area contributed by atoms with Crippen molar-refractivity contribution < 1.29 is 42.9 Å². The lowest BCUT2D eigenvalue weighted by Gasteiger charge is -2.25. The summed E-state index contributed by atoms with van der Waals surface area (Å²) in [4.78, 5) is 37.7. The number of hydrogen-bond donors (Lipinski definition) is 1. The molecular weight excluding hydrogens is 1100 g/mol. The Morgan fingerprint density at radius 1 is 0.337 bits per heavy atom. The lowest BCUT2D eigenvalue weighted by atomic mass is 10.0. The number of esters is 2. The van der Waals surface area contributed by atoms with Gasteiger partial charge in [-0.1, -0.05) is 301 Å². The second-order valence-electron chi connectivity index (χ2n) is 24.8. The van der Waals surface area contributed by atoms with Gasteiger partial charge in [-0.25, -0.2) is 4.79 Å². The van der Waals surface area contributed by atoms with Crippen LogP contribution < -0.4 is 0 Å². The van der Waals surface area contributed by atoms with Crippen molar-refractivity contribution in [2.45, 2.75) is 296 Å². The van der Waals surface area contributed by atoms with E-state index in [0.29, 0.717) is 23.9 Å². The van der Waals surface area contributed by atoms with E-state index in [-0.39, 0.29) is 32.2 Å². The van der Waals surface area contributed by atoms with E-state index in [1.165, 1.54) is 135 Å². The largest absolute Gasteiger partial charge is 0.477 e. The van der Waals surface area contributed by atoms with Gasteiger partial charge in [-0.3, -0.25) is 9.59 Å². The molecule has 0 aromatic carbocycles. The lowest BCUT2D eigenvalue weighted by Crippen LogP contribution is -2.40. The molecule has 1 N–H and O–H groups in total. The first-order valence-corrected chi connectivity index (χ1v) is 36.0. The minimum atomic E-state index is -1.52. The van der Waals surface area contributed by atoms with E-state index in [1.54, 1.807) is 0 Å². The maximum Gasteiger partial charge on any atom is 0.361 e. The number of quaternary nitrogens is 1. The fourth-order valence-electron chi connectivity index (χ4n) is 9.67. The van der Waals surface area contributed by atoms with Gasteiger partial charge < -0.3 is 28.5 Å². The Hall–Kier alpha value is -4.83. The van der Waals surface area contributed by atoms with Gasteiger partial charge in [0.1, 0.15) is 13.2 Å². The number of carboxylic acids is 1. The Morgan fingerprint density at radius 3 is 0.899 bits per heavy atom. The van der Waals surface area contributed by atoms with Crippen molar-refractivity contribution >= 4 is 17.9 Å². The maximum atomic E-state index is 13.0. The Labute approximate surface area is 547 Å². The third-order valence-corrected chi connectivity index (χ3v) is 15.1. The first kappa shape index (κ1) is 84.2. The smallest absolute Gasteiger partial charge is 0.361 e. The Balaban J connectivity index is 4.13. The summed E-state index contributed by atoms with van der Waals surface area (Å²) in [5.41, 5.74) is 0. The zero-order chi connectivity index (χ0) is 64.7. The summed E-state index contributed by atoms with van der Waals surface area (Å²) in [5, 5.41) is 9.76. The van der Waals surface area contributed by atoms with E-state index in [1.807, 2.05) is 21.1 Å². The molecular formula is C80H134NO8+. The molecule has 0 saturated heterocycles. The van der Waals surface area contributed by atoms with Gasteiger partial charge >= 0.3 is 17.9 Å². The predicted octanol–water partition coefficient (Wildman–Crippen LogP) is 22.7. The monoisotopic (exact) mass is 1240 g/mol. The molecule has 0 spiro atoms. The van der Waals surface area contributed by atoms with Gasteiger partial charge in [0.05, 0.1) is 34.4 Å². The number of likely N-dealkylation sites (N-methyl/N-ethyl adjacent to an activating group) is 1. The van der Waals surface area contributed by atoms with Gasteiger partial charge in [-0.15, -0.1) is 0 Å². The number of nitrogens with zero attached hydrogens (tertiary/aromatic N) is 1. The fraction of sp³-hybridized carbons (Fsp3) is 0.662. The molecule has 0 radical (unpaired) electrons. The highest BCUT2D eigenvalue weighted by atomic mass is 16.7. The first-order valence-electron chi connectivity index (χ1n) is 36.0. The van der Waals surface area contributed by atoms with Crippen LogP contribution in [-0.2, 0) is 33.3 Å². The van der Waals surface area contributed by atoms with Crippen LogP contribution >= 0.6 is 0 Å². The quantitative estimate of drug-likeness (QED) is 0.0211. The number of carbonyl (C=O) groups is 3. The molecule has 0 saturated carbocycles. The molecule has 0 aliphatic carbocycles. The highest BCUT2D eigenvalue weighted by molar-refractivity contribution is 5.71. The molecule has 89 heavy (non-hydrogen) atoms.